The Kier molecular flexibility index (Phi) is 5.72. The highest BCUT2D eigenvalue weighted by Crippen LogP contribution is 2.43. The molecule has 3 aromatic rings. The molecule has 6 heteroatoms. The average molecular weight is 448 g/mol. The molecule has 0 radical (unpaired) electrons. The Morgan fingerprint density at radius 3 is 2.53 bits per heavy atom. The summed E-state index contributed by atoms with van der Waals surface area (Å²) in [5.74, 6) is 0.421. The maximum atomic E-state index is 13.8. The lowest BCUT2D eigenvalue weighted by Gasteiger charge is -2.41. The maximum Gasteiger partial charge on any atom is 0.267 e. The molecule has 2 atom stereocenters. The first kappa shape index (κ1) is 21.1. The molecule has 2 aliphatic rings. The first-order valence-electron chi connectivity index (χ1n) is 11.6. The average Bonchev–Trinajstić information content (AvgIpc) is 3.53. The van der Waals surface area contributed by atoms with E-state index >= 15 is 0 Å². The largest absolute Gasteiger partial charge is 0.342 e. The number of nitrogens with zero attached hydrogens (tertiary/aromatic N) is 3. The molecule has 1 amide bonds. The van der Waals surface area contributed by atoms with Gasteiger partial charge in [-0.3, -0.25) is 9.59 Å². The van der Waals surface area contributed by atoms with E-state index in [1.54, 1.807) is 28.2 Å². The lowest BCUT2D eigenvalue weighted by Crippen LogP contribution is -2.51. The number of aromatic nitrogens is 2. The van der Waals surface area contributed by atoms with Gasteiger partial charge in [0.05, 0.1) is 16.3 Å². The molecule has 1 saturated carbocycles. The Balaban J connectivity index is 1.37. The number of rotatable bonds is 4. The quantitative estimate of drug-likeness (QED) is 0.572. The van der Waals surface area contributed by atoms with E-state index in [9.17, 15) is 9.59 Å². The van der Waals surface area contributed by atoms with E-state index in [0.717, 1.165) is 48.2 Å². The molecular formula is C26H29N3O2S. The van der Waals surface area contributed by atoms with Gasteiger partial charge in [0.25, 0.3) is 5.56 Å². The predicted octanol–water partition coefficient (Wildman–Crippen LogP) is 4.89. The Morgan fingerprint density at radius 2 is 1.84 bits per heavy atom. The lowest BCUT2D eigenvalue weighted by atomic mass is 9.77. The molecule has 1 saturated heterocycles. The second-order valence-electron chi connectivity index (χ2n) is 9.22. The number of amides is 1. The smallest absolute Gasteiger partial charge is 0.267 e. The predicted molar refractivity (Wildman–Crippen MR) is 128 cm³/mol. The van der Waals surface area contributed by atoms with Gasteiger partial charge in [-0.15, -0.1) is 11.3 Å². The van der Waals surface area contributed by atoms with Gasteiger partial charge in [-0.25, -0.2) is 4.68 Å². The van der Waals surface area contributed by atoms with Crippen molar-refractivity contribution >= 4 is 17.2 Å². The third kappa shape index (κ3) is 3.71. The monoisotopic (exact) mass is 447 g/mol. The van der Waals surface area contributed by atoms with Crippen LogP contribution in [0.3, 0.4) is 0 Å². The molecule has 2 fully saturated rings. The van der Waals surface area contributed by atoms with Crippen LogP contribution in [0, 0.1) is 5.92 Å². The summed E-state index contributed by atoms with van der Waals surface area (Å²) in [7, 11) is 0. The number of thiophene rings is 1. The van der Waals surface area contributed by atoms with Crippen molar-refractivity contribution in [3.8, 4) is 10.6 Å². The van der Waals surface area contributed by atoms with Crippen molar-refractivity contribution in [2.75, 3.05) is 13.1 Å². The highest BCUT2D eigenvalue weighted by Gasteiger charge is 2.46. The second kappa shape index (κ2) is 8.66. The zero-order valence-corrected chi connectivity index (χ0v) is 19.3. The van der Waals surface area contributed by atoms with Crippen molar-refractivity contribution in [2.45, 2.75) is 50.5 Å². The van der Waals surface area contributed by atoms with E-state index in [4.69, 9.17) is 5.10 Å². The molecule has 0 bridgehead atoms. The van der Waals surface area contributed by atoms with Crippen LogP contribution in [0.25, 0.3) is 10.6 Å². The van der Waals surface area contributed by atoms with Crippen molar-refractivity contribution in [3.63, 3.8) is 0 Å². The summed E-state index contributed by atoms with van der Waals surface area (Å²) in [6.07, 6.45) is 4.80. The molecule has 0 N–H and O–H groups in total. The zero-order chi connectivity index (χ0) is 22.1. The van der Waals surface area contributed by atoms with Crippen molar-refractivity contribution in [1.29, 1.82) is 0 Å². The van der Waals surface area contributed by atoms with Crippen molar-refractivity contribution in [2.24, 2.45) is 5.92 Å². The van der Waals surface area contributed by atoms with Crippen molar-refractivity contribution in [1.82, 2.24) is 14.7 Å². The Bertz CT molecular complexity index is 1130. The highest BCUT2D eigenvalue weighted by molar-refractivity contribution is 7.13. The maximum absolute atomic E-state index is 13.8. The van der Waals surface area contributed by atoms with E-state index in [0.29, 0.717) is 13.1 Å². The number of likely N-dealkylation sites (tertiary alicyclic amines) is 1. The van der Waals surface area contributed by atoms with Gasteiger partial charge in [0.1, 0.15) is 5.69 Å². The molecule has 2 aromatic heterocycles. The fourth-order valence-corrected chi connectivity index (χ4v) is 6.25. The van der Waals surface area contributed by atoms with Crippen molar-refractivity contribution < 1.29 is 4.79 Å². The van der Waals surface area contributed by atoms with Gasteiger partial charge in [-0.1, -0.05) is 56.2 Å². The first-order valence-corrected chi connectivity index (χ1v) is 12.5. The second-order valence-corrected chi connectivity index (χ2v) is 10.2. The molecule has 0 spiro atoms. The molecule has 0 unspecified atom stereocenters. The molecule has 166 valence electrons. The van der Waals surface area contributed by atoms with Crippen LogP contribution in [0.5, 0.6) is 0 Å². The summed E-state index contributed by atoms with van der Waals surface area (Å²) in [4.78, 5) is 29.6. The van der Waals surface area contributed by atoms with E-state index < -0.39 is 0 Å². The molecule has 1 aliphatic heterocycles. The molecule has 5 nitrogen and oxygen atoms in total. The summed E-state index contributed by atoms with van der Waals surface area (Å²) in [6.45, 7) is 3.47. The van der Waals surface area contributed by atoms with Crippen LogP contribution in [0.1, 0.15) is 50.6 Å². The SMILES string of the molecule is C[C@@H]1CN(C(=O)C2(c3ccccc3)CCCC2)CC[C@@H]1n1nc(-c2cccs2)ccc1=O. The molecule has 1 aromatic carbocycles. The summed E-state index contributed by atoms with van der Waals surface area (Å²) in [6, 6.07) is 17.8. The molecule has 3 heterocycles. The fraction of sp³-hybridized carbons (Fsp3) is 0.423. The van der Waals surface area contributed by atoms with Gasteiger partial charge in [0, 0.05) is 19.2 Å². The topological polar surface area (TPSA) is 55.2 Å². The first-order chi connectivity index (χ1) is 15.6. The van der Waals surface area contributed by atoms with Crippen LogP contribution in [-0.2, 0) is 10.2 Å². The van der Waals surface area contributed by atoms with Gasteiger partial charge in [-0.05, 0) is 48.3 Å². The molecular weight excluding hydrogens is 418 g/mol. The zero-order valence-electron chi connectivity index (χ0n) is 18.4. The van der Waals surface area contributed by atoms with Crippen LogP contribution in [0.4, 0.5) is 0 Å². The minimum atomic E-state index is -0.387. The van der Waals surface area contributed by atoms with E-state index in [2.05, 4.69) is 19.1 Å². The standard InChI is InChI=1S/C26H29N3O2S/c1-19-18-28(25(31)26(14-5-6-15-26)20-8-3-2-4-9-20)16-13-22(19)29-24(30)12-11-21(27-29)23-10-7-17-32-23/h2-4,7-12,17,19,22H,5-6,13-16,18H2,1H3/t19-,22+/m1/s1. The Labute approximate surface area is 192 Å². The lowest BCUT2D eigenvalue weighted by molar-refractivity contribution is -0.139. The fourth-order valence-electron chi connectivity index (χ4n) is 5.56. The van der Waals surface area contributed by atoms with Crippen molar-refractivity contribution in [3.05, 3.63) is 75.9 Å². The van der Waals surface area contributed by atoms with Gasteiger partial charge >= 0.3 is 0 Å². The van der Waals surface area contributed by atoms with E-state index in [-0.39, 0.29) is 28.8 Å². The molecule has 32 heavy (non-hydrogen) atoms. The van der Waals surface area contributed by atoms with Crippen LogP contribution < -0.4 is 5.56 Å². The minimum absolute atomic E-state index is 0.00251. The normalized spacial score (nSPS) is 22.7. The summed E-state index contributed by atoms with van der Waals surface area (Å²) in [5.41, 5.74) is 1.53. The number of hydrogen-bond acceptors (Lipinski definition) is 4. The van der Waals surface area contributed by atoms with E-state index in [1.807, 2.05) is 40.6 Å². The van der Waals surface area contributed by atoms with Crippen LogP contribution >= 0.6 is 11.3 Å². The summed E-state index contributed by atoms with van der Waals surface area (Å²) < 4.78 is 1.66. The third-order valence-electron chi connectivity index (χ3n) is 7.25. The van der Waals surface area contributed by atoms with Crippen LogP contribution in [0.2, 0.25) is 0 Å². The number of carbonyl (C=O) groups is 1. The van der Waals surface area contributed by atoms with Gasteiger partial charge in [-0.2, -0.15) is 5.10 Å². The molecule has 1 aliphatic carbocycles. The van der Waals surface area contributed by atoms with Gasteiger partial charge < -0.3 is 4.90 Å². The Hall–Kier alpha value is -2.73. The number of carbonyl (C=O) groups excluding carboxylic acids is 1. The van der Waals surface area contributed by atoms with Crippen LogP contribution in [0.15, 0.2) is 64.8 Å². The Morgan fingerprint density at radius 1 is 1.06 bits per heavy atom. The number of benzene rings is 1. The third-order valence-corrected chi connectivity index (χ3v) is 8.15. The number of piperidine rings is 1. The highest BCUT2D eigenvalue weighted by atomic mass is 32.1. The summed E-state index contributed by atoms with van der Waals surface area (Å²) >= 11 is 1.62. The molecule has 5 rings (SSSR count). The number of hydrogen-bond donors (Lipinski definition) is 0. The summed E-state index contributed by atoms with van der Waals surface area (Å²) in [5, 5.41) is 6.73. The van der Waals surface area contributed by atoms with Gasteiger partial charge in [0.2, 0.25) is 5.91 Å². The van der Waals surface area contributed by atoms with Crippen LogP contribution in [-0.4, -0.2) is 33.7 Å². The van der Waals surface area contributed by atoms with Gasteiger partial charge in [0.15, 0.2) is 0 Å². The van der Waals surface area contributed by atoms with E-state index in [1.165, 1.54) is 0 Å². The minimum Gasteiger partial charge on any atom is -0.342 e.